The van der Waals surface area contributed by atoms with Crippen molar-refractivity contribution in [2.75, 3.05) is 13.2 Å². The minimum Gasteiger partial charge on any atom is -0.479 e. The summed E-state index contributed by atoms with van der Waals surface area (Å²) in [7, 11) is 0. The molecule has 0 aliphatic rings. The first-order chi connectivity index (χ1) is 6.61. The van der Waals surface area contributed by atoms with Gasteiger partial charge in [-0.05, 0) is 13.8 Å². The summed E-state index contributed by atoms with van der Waals surface area (Å²) in [5.74, 6) is 1.42. The molecule has 0 fully saturated rings. The van der Waals surface area contributed by atoms with Gasteiger partial charge in [-0.3, -0.25) is 0 Å². The van der Waals surface area contributed by atoms with Gasteiger partial charge in [0.1, 0.15) is 6.10 Å². The summed E-state index contributed by atoms with van der Waals surface area (Å²) in [6, 6.07) is 0. The van der Waals surface area contributed by atoms with Crippen LogP contribution in [-0.4, -0.2) is 36.5 Å². The van der Waals surface area contributed by atoms with Gasteiger partial charge in [-0.25, -0.2) is 4.79 Å². The van der Waals surface area contributed by atoms with Crippen molar-refractivity contribution in [3.05, 3.63) is 0 Å². The molecule has 0 saturated heterocycles. The highest BCUT2D eigenvalue weighted by atomic mass is 16.5. The van der Waals surface area contributed by atoms with Gasteiger partial charge in [0, 0.05) is 13.0 Å². The maximum Gasteiger partial charge on any atom is 0.332 e. The van der Waals surface area contributed by atoms with E-state index < -0.39 is 12.1 Å². The van der Waals surface area contributed by atoms with Gasteiger partial charge < -0.3 is 14.6 Å². The third kappa shape index (κ3) is 5.57. The average molecular weight is 200 g/mol. The molecule has 0 saturated carbocycles. The molecular formula is C10H16O4. The van der Waals surface area contributed by atoms with Crippen LogP contribution in [0.3, 0.4) is 0 Å². The summed E-state index contributed by atoms with van der Waals surface area (Å²) < 4.78 is 10.1. The van der Waals surface area contributed by atoms with E-state index in [4.69, 9.17) is 21.0 Å². The van der Waals surface area contributed by atoms with Crippen molar-refractivity contribution < 1.29 is 19.4 Å². The molecule has 1 N–H and O–H groups in total. The predicted octanol–water partition coefficient (Wildman–Crippen LogP) is 0.904. The standard InChI is InChI=1S/C10H16O4/c1-4-8(3)14-7-6-9(10(11)12)13-5-2/h1,8-9H,5-7H2,2-3H3,(H,11,12). The Kier molecular flexibility index (Phi) is 6.81. The smallest absolute Gasteiger partial charge is 0.332 e. The number of hydrogen-bond acceptors (Lipinski definition) is 3. The van der Waals surface area contributed by atoms with E-state index in [2.05, 4.69) is 5.92 Å². The Morgan fingerprint density at radius 1 is 1.57 bits per heavy atom. The molecule has 0 bridgehead atoms. The van der Waals surface area contributed by atoms with Crippen LogP contribution in [-0.2, 0) is 14.3 Å². The lowest BCUT2D eigenvalue weighted by Gasteiger charge is -2.13. The number of hydrogen-bond donors (Lipinski definition) is 1. The van der Waals surface area contributed by atoms with Crippen molar-refractivity contribution in [3.8, 4) is 12.3 Å². The fraction of sp³-hybridized carbons (Fsp3) is 0.700. The molecule has 0 radical (unpaired) electrons. The number of terminal acetylenes is 1. The molecule has 80 valence electrons. The van der Waals surface area contributed by atoms with Gasteiger partial charge in [0.15, 0.2) is 6.10 Å². The molecule has 4 heteroatoms. The van der Waals surface area contributed by atoms with Crippen LogP contribution in [0, 0.1) is 12.3 Å². The SMILES string of the molecule is C#CC(C)OCCC(OCC)C(=O)O. The van der Waals surface area contributed by atoms with Crippen LogP contribution in [0.25, 0.3) is 0 Å². The second kappa shape index (κ2) is 7.36. The molecule has 0 aromatic carbocycles. The van der Waals surface area contributed by atoms with Gasteiger partial charge in [0.05, 0.1) is 6.61 Å². The quantitative estimate of drug-likeness (QED) is 0.620. The zero-order valence-corrected chi connectivity index (χ0v) is 8.53. The summed E-state index contributed by atoms with van der Waals surface area (Å²) in [5.41, 5.74) is 0. The molecule has 0 aromatic heterocycles. The zero-order valence-electron chi connectivity index (χ0n) is 8.53. The monoisotopic (exact) mass is 200 g/mol. The zero-order chi connectivity index (χ0) is 11.0. The average Bonchev–Trinajstić information content (AvgIpc) is 2.16. The summed E-state index contributed by atoms with van der Waals surface area (Å²) in [6.07, 6.45) is 4.31. The van der Waals surface area contributed by atoms with Gasteiger partial charge in [-0.2, -0.15) is 0 Å². The van der Waals surface area contributed by atoms with Crippen LogP contribution >= 0.6 is 0 Å². The molecule has 0 amide bonds. The van der Waals surface area contributed by atoms with E-state index in [1.165, 1.54) is 0 Å². The number of carboxylic acid groups (broad SMARTS) is 1. The van der Waals surface area contributed by atoms with Gasteiger partial charge in [-0.15, -0.1) is 6.42 Å². The maximum atomic E-state index is 10.6. The van der Waals surface area contributed by atoms with Crippen LogP contribution in [0.2, 0.25) is 0 Å². The molecule has 0 heterocycles. The highest BCUT2D eigenvalue weighted by Crippen LogP contribution is 2.01. The molecule has 0 aliphatic heterocycles. The van der Waals surface area contributed by atoms with E-state index in [0.29, 0.717) is 19.6 Å². The van der Waals surface area contributed by atoms with Crippen molar-refractivity contribution >= 4 is 5.97 Å². The van der Waals surface area contributed by atoms with Crippen LogP contribution in [0.5, 0.6) is 0 Å². The fourth-order valence-corrected chi connectivity index (χ4v) is 0.879. The van der Waals surface area contributed by atoms with Crippen LogP contribution in [0.15, 0.2) is 0 Å². The molecule has 0 spiro atoms. The molecule has 14 heavy (non-hydrogen) atoms. The molecule has 4 nitrogen and oxygen atoms in total. The van der Waals surface area contributed by atoms with Crippen molar-refractivity contribution in [3.63, 3.8) is 0 Å². The van der Waals surface area contributed by atoms with E-state index >= 15 is 0 Å². The van der Waals surface area contributed by atoms with Crippen molar-refractivity contribution in [2.45, 2.75) is 32.5 Å². The van der Waals surface area contributed by atoms with Crippen molar-refractivity contribution in [2.24, 2.45) is 0 Å². The minimum absolute atomic E-state index is 0.286. The first-order valence-electron chi connectivity index (χ1n) is 4.54. The molecule has 2 unspecified atom stereocenters. The molecular weight excluding hydrogens is 184 g/mol. The lowest BCUT2D eigenvalue weighted by Crippen LogP contribution is -2.26. The topological polar surface area (TPSA) is 55.8 Å². The number of carbonyl (C=O) groups is 1. The molecule has 0 rings (SSSR count). The van der Waals surface area contributed by atoms with E-state index in [0.717, 1.165) is 0 Å². The largest absolute Gasteiger partial charge is 0.479 e. The Morgan fingerprint density at radius 2 is 2.21 bits per heavy atom. The highest BCUT2D eigenvalue weighted by molar-refractivity contribution is 5.72. The highest BCUT2D eigenvalue weighted by Gasteiger charge is 2.16. The van der Waals surface area contributed by atoms with Gasteiger partial charge in [-0.1, -0.05) is 5.92 Å². The third-order valence-electron chi connectivity index (χ3n) is 1.63. The van der Waals surface area contributed by atoms with Crippen LogP contribution in [0.1, 0.15) is 20.3 Å². The Labute approximate surface area is 84.2 Å². The van der Waals surface area contributed by atoms with E-state index in [1.54, 1.807) is 13.8 Å². The van der Waals surface area contributed by atoms with Gasteiger partial charge in [0.25, 0.3) is 0 Å². The second-order valence-corrected chi connectivity index (χ2v) is 2.75. The molecule has 2 atom stereocenters. The lowest BCUT2D eigenvalue weighted by molar-refractivity contribution is -0.151. The fourth-order valence-electron chi connectivity index (χ4n) is 0.879. The van der Waals surface area contributed by atoms with E-state index in [1.807, 2.05) is 0 Å². The summed E-state index contributed by atoms with van der Waals surface area (Å²) in [5, 5.41) is 8.71. The van der Waals surface area contributed by atoms with Crippen LogP contribution < -0.4 is 0 Å². The molecule has 0 aliphatic carbocycles. The van der Waals surface area contributed by atoms with Crippen molar-refractivity contribution in [1.29, 1.82) is 0 Å². The number of carboxylic acids is 1. The Bertz CT molecular complexity index is 207. The Hall–Kier alpha value is -1.05. The summed E-state index contributed by atoms with van der Waals surface area (Å²) >= 11 is 0. The Morgan fingerprint density at radius 3 is 2.64 bits per heavy atom. The van der Waals surface area contributed by atoms with Crippen LogP contribution in [0.4, 0.5) is 0 Å². The number of ether oxygens (including phenoxy) is 2. The molecule has 0 aromatic rings. The summed E-state index contributed by atoms with van der Waals surface area (Å²) in [6.45, 7) is 4.15. The second-order valence-electron chi connectivity index (χ2n) is 2.75. The van der Waals surface area contributed by atoms with E-state index in [-0.39, 0.29) is 6.10 Å². The first-order valence-corrected chi connectivity index (χ1v) is 4.54. The third-order valence-corrected chi connectivity index (χ3v) is 1.63. The van der Waals surface area contributed by atoms with Gasteiger partial charge >= 0.3 is 5.97 Å². The van der Waals surface area contributed by atoms with Gasteiger partial charge in [0.2, 0.25) is 0 Å². The first kappa shape index (κ1) is 12.9. The summed E-state index contributed by atoms with van der Waals surface area (Å²) in [4.78, 5) is 10.6. The normalized spacial score (nSPS) is 14.4. The lowest BCUT2D eigenvalue weighted by atomic mass is 10.2. The predicted molar refractivity (Wildman–Crippen MR) is 51.9 cm³/mol. The maximum absolute atomic E-state index is 10.6. The minimum atomic E-state index is -0.969. The van der Waals surface area contributed by atoms with E-state index in [9.17, 15) is 4.79 Å². The number of aliphatic carboxylic acids is 1. The number of rotatable bonds is 7. The van der Waals surface area contributed by atoms with Crippen molar-refractivity contribution in [1.82, 2.24) is 0 Å². The Balaban J connectivity index is 3.72.